The number of aryl methyl sites for hydroxylation is 2. The van der Waals surface area contributed by atoms with Crippen LogP contribution in [0.25, 0.3) is 0 Å². The van der Waals surface area contributed by atoms with Crippen molar-refractivity contribution in [2.45, 2.75) is 40.2 Å². The van der Waals surface area contributed by atoms with E-state index in [2.05, 4.69) is 10.1 Å². The second-order valence-electron chi connectivity index (χ2n) is 6.16. The minimum absolute atomic E-state index is 0.0172. The Balaban J connectivity index is 2.50. The number of nitrogen functional groups attached to an aromatic ring is 1. The average Bonchev–Trinajstić information content (AvgIpc) is 2.93. The van der Waals surface area contributed by atoms with Crippen LogP contribution < -0.4 is 21.9 Å². The zero-order chi connectivity index (χ0) is 20.1. The summed E-state index contributed by atoms with van der Waals surface area (Å²) in [5, 5.41) is 3.84. The van der Waals surface area contributed by atoms with Crippen molar-refractivity contribution < 1.29 is 14.1 Å². The van der Waals surface area contributed by atoms with Crippen LogP contribution in [0.15, 0.2) is 14.1 Å². The summed E-state index contributed by atoms with van der Waals surface area (Å²) in [6.45, 7) is 5.95. The van der Waals surface area contributed by atoms with Gasteiger partial charge in [0.15, 0.2) is 5.69 Å². The molecule has 10 nitrogen and oxygen atoms in total. The first-order valence-electron chi connectivity index (χ1n) is 8.65. The van der Waals surface area contributed by atoms with E-state index in [1.54, 1.807) is 13.8 Å². The molecule has 0 aromatic carbocycles. The van der Waals surface area contributed by atoms with E-state index in [9.17, 15) is 14.4 Å². The number of anilines is 2. The first-order valence-corrected chi connectivity index (χ1v) is 8.65. The van der Waals surface area contributed by atoms with Gasteiger partial charge in [0.1, 0.15) is 11.6 Å². The lowest BCUT2D eigenvalue weighted by molar-refractivity contribution is -0.118. The van der Waals surface area contributed by atoms with Gasteiger partial charge in [0.05, 0.1) is 18.7 Å². The second kappa shape index (κ2) is 8.67. The third-order valence-corrected chi connectivity index (χ3v) is 4.26. The highest BCUT2D eigenvalue weighted by Gasteiger charge is 2.25. The van der Waals surface area contributed by atoms with Crippen LogP contribution in [0.4, 0.5) is 11.5 Å². The Morgan fingerprint density at radius 3 is 2.63 bits per heavy atom. The van der Waals surface area contributed by atoms with E-state index < -0.39 is 11.2 Å². The van der Waals surface area contributed by atoms with Crippen LogP contribution in [-0.4, -0.2) is 40.9 Å². The van der Waals surface area contributed by atoms with E-state index in [1.807, 2.05) is 6.92 Å². The van der Waals surface area contributed by atoms with Gasteiger partial charge >= 0.3 is 5.69 Å². The predicted octanol–water partition coefficient (Wildman–Crippen LogP) is 0.356. The number of hydrogen-bond acceptors (Lipinski definition) is 7. The first-order chi connectivity index (χ1) is 12.8. The number of methoxy groups -OCH3 is 1. The van der Waals surface area contributed by atoms with Gasteiger partial charge < -0.3 is 19.9 Å². The van der Waals surface area contributed by atoms with E-state index >= 15 is 0 Å². The van der Waals surface area contributed by atoms with Crippen molar-refractivity contribution in [3.8, 4) is 0 Å². The Kier molecular flexibility index (Phi) is 6.56. The van der Waals surface area contributed by atoms with Crippen LogP contribution in [0.1, 0.15) is 30.4 Å². The molecule has 27 heavy (non-hydrogen) atoms. The summed E-state index contributed by atoms with van der Waals surface area (Å²) in [4.78, 5) is 40.9. The van der Waals surface area contributed by atoms with Gasteiger partial charge in [-0.15, -0.1) is 0 Å². The van der Waals surface area contributed by atoms with Crippen molar-refractivity contribution in [1.82, 2.24) is 14.7 Å². The van der Waals surface area contributed by atoms with Crippen molar-refractivity contribution in [2.24, 2.45) is 0 Å². The van der Waals surface area contributed by atoms with E-state index in [0.717, 1.165) is 0 Å². The number of carbonyl (C=O) groups excluding carboxylic acids is 1. The molecule has 0 bridgehead atoms. The van der Waals surface area contributed by atoms with Gasteiger partial charge in [-0.05, 0) is 20.3 Å². The molecule has 2 aromatic rings. The maximum absolute atomic E-state index is 13.0. The molecule has 148 valence electrons. The maximum Gasteiger partial charge on any atom is 0.330 e. The fourth-order valence-electron chi connectivity index (χ4n) is 2.83. The van der Waals surface area contributed by atoms with Gasteiger partial charge in [-0.25, -0.2) is 4.79 Å². The Bertz CT molecular complexity index is 907. The molecule has 0 saturated carbocycles. The molecule has 10 heteroatoms. The fourth-order valence-corrected chi connectivity index (χ4v) is 2.83. The molecule has 2 aromatic heterocycles. The van der Waals surface area contributed by atoms with Gasteiger partial charge in [0, 0.05) is 25.8 Å². The number of carbonyl (C=O) groups is 1. The van der Waals surface area contributed by atoms with E-state index in [1.165, 1.54) is 16.6 Å². The van der Waals surface area contributed by atoms with Crippen molar-refractivity contribution in [1.29, 1.82) is 0 Å². The summed E-state index contributed by atoms with van der Waals surface area (Å²) in [6, 6.07) is 0. The summed E-state index contributed by atoms with van der Waals surface area (Å²) in [7, 11) is 1.49. The van der Waals surface area contributed by atoms with Crippen LogP contribution in [0, 0.1) is 13.8 Å². The highest BCUT2D eigenvalue weighted by molar-refractivity contribution is 5.97. The summed E-state index contributed by atoms with van der Waals surface area (Å²) < 4.78 is 11.4. The first kappa shape index (κ1) is 20.4. The minimum Gasteiger partial charge on any atom is -0.383 e. The molecule has 0 fully saturated rings. The third kappa shape index (κ3) is 4.27. The molecule has 1 amide bonds. The number of rotatable bonds is 8. The molecule has 0 atom stereocenters. The van der Waals surface area contributed by atoms with Crippen LogP contribution in [0.5, 0.6) is 0 Å². The van der Waals surface area contributed by atoms with Crippen molar-refractivity contribution in [3.05, 3.63) is 37.9 Å². The predicted molar refractivity (Wildman–Crippen MR) is 99.9 cm³/mol. The SMILES string of the molecule is CCCn1c(N)c(N(CCOC)C(=O)Cc2c(C)noc2C)c(=O)[nH]c1=O. The summed E-state index contributed by atoms with van der Waals surface area (Å²) in [6.07, 6.45) is 0.622. The molecule has 0 spiro atoms. The highest BCUT2D eigenvalue weighted by atomic mass is 16.5. The fraction of sp³-hybridized carbons (Fsp3) is 0.529. The molecule has 3 N–H and O–H groups in total. The number of nitrogens with zero attached hydrogens (tertiary/aromatic N) is 3. The lowest BCUT2D eigenvalue weighted by Gasteiger charge is -2.24. The van der Waals surface area contributed by atoms with Crippen LogP contribution in [0.3, 0.4) is 0 Å². The number of aromatic nitrogens is 3. The number of amides is 1. The third-order valence-electron chi connectivity index (χ3n) is 4.26. The lowest BCUT2D eigenvalue weighted by Crippen LogP contribution is -2.43. The van der Waals surface area contributed by atoms with Gasteiger partial charge in [-0.3, -0.25) is 19.1 Å². The molecule has 0 radical (unpaired) electrons. The smallest absolute Gasteiger partial charge is 0.330 e. The zero-order valence-electron chi connectivity index (χ0n) is 16.0. The molecular weight excluding hydrogens is 354 g/mol. The van der Waals surface area contributed by atoms with E-state index in [4.69, 9.17) is 15.0 Å². The molecule has 0 aliphatic carbocycles. The summed E-state index contributed by atoms with van der Waals surface area (Å²) in [5.74, 6) is 0.111. The van der Waals surface area contributed by atoms with Crippen molar-refractivity contribution in [3.63, 3.8) is 0 Å². The van der Waals surface area contributed by atoms with Gasteiger partial charge in [0.2, 0.25) is 5.91 Å². The number of aromatic amines is 1. The summed E-state index contributed by atoms with van der Waals surface area (Å²) >= 11 is 0. The normalized spacial score (nSPS) is 11.0. The average molecular weight is 379 g/mol. The van der Waals surface area contributed by atoms with Crippen LogP contribution >= 0.6 is 0 Å². The Morgan fingerprint density at radius 2 is 2.07 bits per heavy atom. The van der Waals surface area contributed by atoms with Crippen molar-refractivity contribution >= 4 is 17.4 Å². The second-order valence-corrected chi connectivity index (χ2v) is 6.16. The van der Waals surface area contributed by atoms with Gasteiger partial charge in [-0.2, -0.15) is 0 Å². The zero-order valence-corrected chi connectivity index (χ0v) is 16.0. The standard InChI is InChI=1S/C17H25N5O5/c1-5-6-22-15(18)14(16(24)19-17(22)25)21(7-8-26-4)13(23)9-12-10(2)20-27-11(12)3/h5-9,18H2,1-4H3,(H,19,24,25). The largest absolute Gasteiger partial charge is 0.383 e. The molecule has 0 aliphatic rings. The molecule has 0 unspecified atom stereocenters. The highest BCUT2D eigenvalue weighted by Crippen LogP contribution is 2.20. The van der Waals surface area contributed by atoms with E-state index in [0.29, 0.717) is 30.0 Å². The molecule has 0 saturated heterocycles. The molecular formula is C17H25N5O5. The lowest BCUT2D eigenvalue weighted by atomic mass is 10.1. The molecule has 2 heterocycles. The Hall–Kier alpha value is -2.88. The molecule has 2 rings (SSSR count). The van der Waals surface area contributed by atoms with E-state index in [-0.39, 0.29) is 37.0 Å². The maximum atomic E-state index is 13.0. The quantitative estimate of drug-likeness (QED) is 0.675. The Morgan fingerprint density at radius 1 is 1.37 bits per heavy atom. The number of nitrogens with two attached hydrogens (primary N) is 1. The van der Waals surface area contributed by atoms with Gasteiger partial charge in [-0.1, -0.05) is 12.1 Å². The van der Waals surface area contributed by atoms with Crippen LogP contribution in [-0.2, 0) is 22.5 Å². The topological polar surface area (TPSA) is 136 Å². The van der Waals surface area contributed by atoms with Gasteiger partial charge in [0.25, 0.3) is 5.56 Å². The Labute approximate surface area is 155 Å². The number of nitrogens with one attached hydrogen (secondary N) is 1. The van der Waals surface area contributed by atoms with Crippen molar-refractivity contribution in [2.75, 3.05) is 30.9 Å². The number of ether oxygens (including phenoxy) is 1. The monoisotopic (exact) mass is 379 g/mol. The minimum atomic E-state index is -0.715. The molecule has 0 aliphatic heterocycles. The number of H-pyrrole nitrogens is 1. The number of hydrogen-bond donors (Lipinski definition) is 2. The van der Waals surface area contributed by atoms with Crippen LogP contribution in [0.2, 0.25) is 0 Å². The summed E-state index contributed by atoms with van der Waals surface area (Å²) in [5.41, 5.74) is 5.97.